The predicted octanol–water partition coefficient (Wildman–Crippen LogP) is 4.24. The molecule has 3 amide bonds. The van der Waals surface area contributed by atoms with Crippen LogP contribution in [0.3, 0.4) is 0 Å². The van der Waals surface area contributed by atoms with Crippen molar-refractivity contribution in [3.8, 4) is 11.5 Å². The highest BCUT2D eigenvalue weighted by atomic mass is 19.1. The average molecular weight is 584 g/mol. The first-order chi connectivity index (χ1) is 20.8. The second-order valence-electron chi connectivity index (χ2n) is 10.1. The van der Waals surface area contributed by atoms with E-state index < -0.39 is 35.6 Å². The van der Waals surface area contributed by atoms with Gasteiger partial charge in [0.15, 0.2) is 11.5 Å². The molecule has 0 bridgehead atoms. The van der Waals surface area contributed by atoms with Crippen molar-refractivity contribution in [2.24, 2.45) is 5.73 Å². The molecule has 0 spiro atoms. The monoisotopic (exact) mass is 583 g/mol. The highest BCUT2D eigenvalue weighted by Gasteiger charge is 2.26. The molecule has 9 heteroatoms. The summed E-state index contributed by atoms with van der Waals surface area (Å²) in [6.45, 7) is 1.92. The minimum atomic E-state index is -1.07. The third-order valence-corrected chi connectivity index (χ3v) is 6.63. The molecule has 0 radical (unpaired) electrons. The van der Waals surface area contributed by atoms with E-state index >= 15 is 0 Å². The zero-order valence-corrected chi connectivity index (χ0v) is 23.8. The van der Waals surface area contributed by atoms with Crippen LogP contribution in [-0.2, 0) is 40.4 Å². The molecule has 0 aliphatic carbocycles. The number of nitrogens with one attached hydrogen (secondary N) is 2. The highest BCUT2D eigenvalue weighted by Crippen LogP contribution is 2.30. The van der Waals surface area contributed by atoms with E-state index in [2.05, 4.69) is 10.6 Å². The van der Waals surface area contributed by atoms with E-state index in [4.69, 9.17) is 15.2 Å². The maximum Gasteiger partial charge on any atom is 0.243 e. The van der Waals surface area contributed by atoms with Crippen molar-refractivity contribution >= 4 is 17.7 Å². The van der Waals surface area contributed by atoms with E-state index in [0.29, 0.717) is 35.8 Å². The van der Waals surface area contributed by atoms with E-state index in [-0.39, 0.29) is 12.8 Å². The topological polar surface area (TPSA) is 120 Å². The number of nitrogens with two attached hydrogens (primary N) is 1. The Morgan fingerprint density at radius 2 is 1.21 bits per heavy atom. The third kappa shape index (κ3) is 9.71. The Morgan fingerprint density at radius 1 is 0.674 bits per heavy atom. The van der Waals surface area contributed by atoms with Crippen LogP contribution in [0.15, 0.2) is 103 Å². The Morgan fingerprint density at radius 3 is 1.77 bits per heavy atom. The fourth-order valence-electron chi connectivity index (χ4n) is 4.42. The van der Waals surface area contributed by atoms with Crippen LogP contribution in [0, 0.1) is 5.82 Å². The van der Waals surface area contributed by atoms with Gasteiger partial charge < -0.3 is 25.8 Å². The molecular formula is C34H34FN3O5. The number of hydrogen-bond donors (Lipinski definition) is 3. The van der Waals surface area contributed by atoms with Crippen LogP contribution in [0.1, 0.15) is 29.2 Å². The molecule has 43 heavy (non-hydrogen) atoms. The minimum Gasteiger partial charge on any atom is -0.485 e. The first kappa shape index (κ1) is 30.8. The number of benzene rings is 4. The van der Waals surface area contributed by atoms with Gasteiger partial charge in [-0.3, -0.25) is 14.4 Å². The van der Waals surface area contributed by atoms with E-state index in [1.807, 2.05) is 60.7 Å². The van der Waals surface area contributed by atoms with E-state index in [1.165, 1.54) is 31.2 Å². The van der Waals surface area contributed by atoms with Gasteiger partial charge in [-0.2, -0.15) is 0 Å². The van der Waals surface area contributed by atoms with Crippen LogP contribution in [-0.4, -0.2) is 29.8 Å². The molecule has 0 saturated carbocycles. The van der Waals surface area contributed by atoms with Crippen molar-refractivity contribution in [3.63, 3.8) is 0 Å². The summed E-state index contributed by atoms with van der Waals surface area (Å²) in [6.07, 6.45) is 0.174. The van der Waals surface area contributed by atoms with Gasteiger partial charge in [0, 0.05) is 19.8 Å². The largest absolute Gasteiger partial charge is 0.485 e. The van der Waals surface area contributed by atoms with E-state index in [0.717, 1.165) is 11.1 Å². The Labute approximate surface area is 250 Å². The zero-order valence-electron chi connectivity index (χ0n) is 23.8. The van der Waals surface area contributed by atoms with Crippen LogP contribution in [0.4, 0.5) is 4.39 Å². The molecule has 4 rings (SSSR count). The standard InChI is InChI=1S/C34H34FN3O5/c1-23(39)37-30(18-24-12-15-28(35)16-13-24)34(41)38-29(33(36)40)19-27-14-17-31(42-21-25-8-4-2-5-9-25)32(20-27)43-22-26-10-6-3-7-11-26/h2-17,20,29-30H,18-19,21-22H2,1H3,(H2,36,40)(H,37,39)(H,38,41)/t29-,30-/m0/s1. The molecule has 2 atom stereocenters. The number of ether oxygens (including phenoxy) is 2. The summed E-state index contributed by atoms with van der Waals surface area (Å²) >= 11 is 0. The van der Waals surface area contributed by atoms with Gasteiger partial charge >= 0.3 is 0 Å². The number of hydrogen-bond acceptors (Lipinski definition) is 5. The van der Waals surface area contributed by atoms with Gasteiger partial charge in [0.05, 0.1) is 0 Å². The van der Waals surface area contributed by atoms with Crippen LogP contribution in [0.5, 0.6) is 11.5 Å². The van der Waals surface area contributed by atoms with E-state index in [1.54, 1.807) is 18.2 Å². The lowest BCUT2D eigenvalue weighted by Gasteiger charge is -2.22. The normalized spacial score (nSPS) is 12.0. The molecule has 0 unspecified atom stereocenters. The second kappa shape index (κ2) is 15.2. The SMILES string of the molecule is CC(=O)N[C@@H](Cc1ccc(F)cc1)C(=O)N[C@@H](Cc1ccc(OCc2ccccc2)c(OCc2ccccc2)c1)C(N)=O. The molecule has 0 aromatic heterocycles. The Bertz CT molecular complexity index is 1510. The summed E-state index contributed by atoms with van der Waals surface area (Å²) in [4.78, 5) is 37.4. The third-order valence-electron chi connectivity index (χ3n) is 6.63. The highest BCUT2D eigenvalue weighted by molar-refractivity contribution is 5.91. The quantitative estimate of drug-likeness (QED) is 0.205. The van der Waals surface area contributed by atoms with Gasteiger partial charge in [0.2, 0.25) is 17.7 Å². The minimum absolute atomic E-state index is 0.0745. The molecule has 222 valence electrons. The summed E-state index contributed by atoms with van der Waals surface area (Å²) in [7, 11) is 0. The molecule has 0 heterocycles. The summed E-state index contributed by atoms with van der Waals surface area (Å²) in [6, 6.07) is 28.2. The number of halogens is 1. The van der Waals surface area contributed by atoms with Crippen LogP contribution < -0.4 is 25.8 Å². The van der Waals surface area contributed by atoms with Crippen molar-refractivity contribution in [1.82, 2.24) is 10.6 Å². The molecule has 8 nitrogen and oxygen atoms in total. The van der Waals surface area contributed by atoms with E-state index in [9.17, 15) is 18.8 Å². The van der Waals surface area contributed by atoms with Crippen molar-refractivity contribution in [1.29, 1.82) is 0 Å². The van der Waals surface area contributed by atoms with Gasteiger partial charge in [-0.15, -0.1) is 0 Å². The zero-order chi connectivity index (χ0) is 30.6. The van der Waals surface area contributed by atoms with Crippen LogP contribution in [0.2, 0.25) is 0 Å². The van der Waals surface area contributed by atoms with Crippen LogP contribution in [0.25, 0.3) is 0 Å². The lowest BCUT2D eigenvalue weighted by Crippen LogP contribution is -2.54. The number of rotatable bonds is 14. The lowest BCUT2D eigenvalue weighted by molar-refractivity contribution is -0.130. The molecule has 0 aliphatic rings. The maximum atomic E-state index is 13.4. The molecule has 0 fully saturated rings. The summed E-state index contributed by atoms with van der Waals surface area (Å²) in [5.41, 5.74) is 8.95. The molecule has 0 saturated heterocycles. The molecule has 4 aromatic rings. The van der Waals surface area contributed by atoms with Gasteiger partial charge in [0.25, 0.3) is 0 Å². The average Bonchev–Trinajstić information content (AvgIpc) is 3.00. The summed E-state index contributed by atoms with van der Waals surface area (Å²) in [5, 5.41) is 5.26. The number of primary amides is 1. The Balaban J connectivity index is 1.50. The van der Waals surface area contributed by atoms with Gasteiger partial charge in [-0.05, 0) is 46.5 Å². The summed E-state index contributed by atoms with van der Waals surface area (Å²) in [5.74, 6) is -1.18. The molecule has 0 aliphatic heterocycles. The van der Waals surface area contributed by atoms with Gasteiger partial charge in [-0.25, -0.2) is 4.39 Å². The van der Waals surface area contributed by atoms with Crippen molar-refractivity contribution in [2.75, 3.05) is 0 Å². The van der Waals surface area contributed by atoms with Crippen molar-refractivity contribution in [3.05, 3.63) is 131 Å². The number of amides is 3. The fourth-order valence-corrected chi connectivity index (χ4v) is 4.42. The predicted molar refractivity (Wildman–Crippen MR) is 161 cm³/mol. The number of carbonyl (C=O) groups is 3. The molecule has 4 aromatic carbocycles. The van der Waals surface area contributed by atoms with Gasteiger partial charge in [-0.1, -0.05) is 78.9 Å². The fraction of sp³-hybridized carbons (Fsp3) is 0.206. The molecular weight excluding hydrogens is 549 g/mol. The molecule has 4 N–H and O–H groups in total. The van der Waals surface area contributed by atoms with Crippen molar-refractivity contribution < 1.29 is 28.2 Å². The lowest BCUT2D eigenvalue weighted by atomic mass is 10.0. The summed E-state index contributed by atoms with van der Waals surface area (Å²) < 4.78 is 25.5. The first-order valence-electron chi connectivity index (χ1n) is 13.8. The Hall–Kier alpha value is -5.18. The first-order valence-corrected chi connectivity index (χ1v) is 13.8. The van der Waals surface area contributed by atoms with Crippen LogP contribution >= 0.6 is 0 Å². The second-order valence-corrected chi connectivity index (χ2v) is 10.1. The van der Waals surface area contributed by atoms with Crippen molar-refractivity contribution in [2.45, 2.75) is 45.1 Å². The smallest absolute Gasteiger partial charge is 0.243 e. The van der Waals surface area contributed by atoms with Gasteiger partial charge in [0.1, 0.15) is 31.1 Å². The Kier molecular flexibility index (Phi) is 10.9. The number of carbonyl (C=O) groups excluding carboxylic acids is 3. The maximum absolute atomic E-state index is 13.4.